The van der Waals surface area contributed by atoms with Gasteiger partial charge in [-0.2, -0.15) is 0 Å². The van der Waals surface area contributed by atoms with Crippen molar-refractivity contribution in [3.8, 4) is 0 Å². The maximum absolute atomic E-state index is 12.3. The Morgan fingerprint density at radius 2 is 2.00 bits per heavy atom. The molecule has 24 heavy (non-hydrogen) atoms. The van der Waals surface area contributed by atoms with E-state index in [0.29, 0.717) is 0 Å². The molecule has 6 nitrogen and oxygen atoms in total. The molecule has 0 fully saturated rings. The highest BCUT2D eigenvalue weighted by Gasteiger charge is 2.19. The highest BCUT2D eigenvalue weighted by molar-refractivity contribution is 8.14. The van der Waals surface area contributed by atoms with E-state index in [1.165, 1.54) is 31.3 Å². The van der Waals surface area contributed by atoms with E-state index >= 15 is 0 Å². The topological polar surface area (TPSA) is 93.2 Å². The number of thiazole rings is 1. The molecule has 11 heteroatoms. The number of hydrogen-bond acceptors (Lipinski definition) is 7. The van der Waals surface area contributed by atoms with Crippen molar-refractivity contribution < 1.29 is 18.0 Å². The first-order valence-electron chi connectivity index (χ1n) is 6.29. The van der Waals surface area contributed by atoms with Crippen LogP contribution < -0.4 is 4.72 Å². The van der Waals surface area contributed by atoms with Gasteiger partial charge in [0.25, 0.3) is 10.0 Å². The fourth-order valence-electron chi connectivity index (χ4n) is 1.51. The number of benzene rings is 1. The minimum atomic E-state index is -3.91. The molecule has 0 saturated carbocycles. The van der Waals surface area contributed by atoms with Crippen LogP contribution in [0.25, 0.3) is 0 Å². The number of halogens is 2. The van der Waals surface area contributed by atoms with Gasteiger partial charge in [-0.05, 0) is 18.2 Å². The summed E-state index contributed by atoms with van der Waals surface area (Å²) in [5.41, 5.74) is 0. The van der Waals surface area contributed by atoms with Gasteiger partial charge in [-0.15, -0.1) is 0 Å². The van der Waals surface area contributed by atoms with E-state index in [9.17, 15) is 18.0 Å². The Balaban J connectivity index is 2.14. The third-order valence-electron chi connectivity index (χ3n) is 2.61. The van der Waals surface area contributed by atoms with Crippen molar-refractivity contribution in [2.24, 2.45) is 0 Å². The molecule has 2 aromatic rings. The molecular weight excluding hydrogens is 415 g/mol. The lowest BCUT2D eigenvalue weighted by atomic mass is 10.4. The number of rotatable bonds is 6. The second-order valence-electron chi connectivity index (χ2n) is 4.41. The summed E-state index contributed by atoms with van der Waals surface area (Å²) in [5, 5.41) is 0.210. The summed E-state index contributed by atoms with van der Waals surface area (Å²) in [6.07, 6.45) is 1.26. The fourth-order valence-corrected chi connectivity index (χ4v) is 4.47. The highest BCUT2D eigenvalue weighted by Crippen LogP contribution is 2.27. The van der Waals surface area contributed by atoms with Crippen molar-refractivity contribution in [3.63, 3.8) is 0 Å². The number of nitrogens with zero attached hydrogens (tertiary/aromatic N) is 1. The van der Waals surface area contributed by atoms with Crippen LogP contribution in [0, 0.1) is 0 Å². The summed E-state index contributed by atoms with van der Waals surface area (Å²) in [7, 11) is -3.91. The van der Waals surface area contributed by atoms with Crippen molar-refractivity contribution in [2.75, 3.05) is 10.5 Å². The summed E-state index contributed by atoms with van der Waals surface area (Å²) in [6.45, 7) is 1.36. The maximum Gasteiger partial charge on any atom is 0.263 e. The number of carbonyl (C=O) groups excluding carboxylic acids is 2. The second kappa shape index (κ2) is 7.83. The number of Topliss-reactive ketones (excluding diaryl/α,β-unsaturated/α-hetero) is 1. The number of thioether (sulfide) groups is 1. The average Bonchev–Trinajstić information content (AvgIpc) is 2.95. The van der Waals surface area contributed by atoms with Crippen molar-refractivity contribution >= 4 is 72.4 Å². The zero-order chi connectivity index (χ0) is 17.9. The van der Waals surface area contributed by atoms with Crippen molar-refractivity contribution in [1.82, 2.24) is 4.98 Å². The average molecular weight is 425 g/mol. The number of sulfonamides is 1. The van der Waals surface area contributed by atoms with Gasteiger partial charge in [0.1, 0.15) is 0 Å². The van der Waals surface area contributed by atoms with Gasteiger partial charge in [-0.1, -0.05) is 46.3 Å². The predicted octanol–water partition coefficient (Wildman–Crippen LogP) is 3.71. The number of aromatic nitrogens is 1. The van der Waals surface area contributed by atoms with E-state index in [-0.39, 0.29) is 41.6 Å². The molecular formula is C13H10Cl2N2O4S3. The van der Waals surface area contributed by atoms with Gasteiger partial charge in [0.05, 0.1) is 31.8 Å². The molecule has 0 unspecified atom stereocenters. The molecule has 0 aliphatic heterocycles. The van der Waals surface area contributed by atoms with Gasteiger partial charge in [-0.3, -0.25) is 14.3 Å². The molecule has 0 spiro atoms. The van der Waals surface area contributed by atoms with Crippen LogP contribution in [0.4, 0.5) is 5.13 Å². The zero-order valence-electron chi connectivity index (χ0n) is 12.1. The molecule has 1 aromatic heterocycles. The minimum absolute atomic E-state index is 0.0174. The number of ketones is 1. The van der Waals surface area contributed by atoms with E-state index in [1.54, 1.807) is 0 Å². The van der Waals surface area contributed by atoms with Gasteiger partial charge in [0, 0.05) is 6.92 Å². The molecule has 0 saturated heterocycles. The molecule has 0 aliphatic carbocycles. The Kier molecular flexibility index (Phi) is 6.27. The van der Waals surface area contributed by atoms with Crippen LogP contribution in [0.1, 0.15) is 16.6 Å². The summed E-state index contributed by atoms with van der Waals surface area (Å²) in [4.78, 5) is 26.8. The molecule has 1 N–H and O–H groups in total. The third kappa shape index (κ3) is 4.93. The lowest BCUT2D eigenvalue weighted by Gasteiger charge is -2.06. The molecule has 0 bridgehead atoms. The predicted molar refractivity (Wildman–Crippen MR) is 96.9 cm³/mol. The maximum atomic E-state index is 12.3. The molecule has 1 aromatic carbocycles. The van der Waals surface area contributed by atoms with Crippen molar-refractivity contribution in [3.05, 3.63) is 39.3 Å². The molecule has 0 aliphatic rings. The fraction of sp³-hybridized carbons (Fsp3) is 0.154. The van der Waals surface area contributed by atoms with Crippen LogP contribution in [0.15, 0.2) is 29.3 Å². The Hall–Kier alpha value is -1.13. The SMILES string of the molecule is CC(=O)SCC(=O)c1cnc(NS(=O)(=O)c2ccc(Cl)c(Cl)c2)s1. The van der Waals surface area contributed by atoms with Crippen molar-refractivity contribution in [2.45, 2.75) is 11.8 Å². The molecule has 0 radical (unpaired) electrons. The third-order valence-corrected chi connectivity index (χ3v) is 6.58. The van der Waals surface area contributed by atoms with Crippen LogP contribution in [-0.4, -0.2) is 30.1 Å². The zero-order valence-corrected chi connectivity index (χ0v) is 16.0. The lowest BCUT2D eigenvalue weighted by Crippen LogP contribution is -2.12. The summed E-state index contributed by atoms with van der Waals surface area (Å²) in [5.74, 6) is -0.316. The van der Waals surface area contributed by atoms with Crippen LogP contribution in [0.3, 0.4) is 0 Å². The highest BCUT2D eigenvalue weighted by atomic mass is 35.5. The first-order valence-corrected chi connectivity index (χ1v) is 10.3. The Morgan fingerprint density at radius 3 is 2.62 bits per heavy atom. The van der Waals surface area contributed by atoms with Crippen LogP contribution in [0.5, 0.6) is 0 Å². The second-order valence-corrected chi connectivity index (χ2v) is 9.09. The molecule has 0 amide bonds. The Labute approximate surface area is 156 Å². The number of carbonyl (C=O) groups is 2. The van der Waals surface area contributed by atoms with E-state index < -0.39 is 10.0 Å². The van der Waals surface area contributed by atoms with E-state index in [0.717, 1.165) is 23.1 Å². The summed E-state index contributed by atoms with van der Waals surface area (Å²) in [6, 6.07) is 3.89. The van der Waals surface area contributed by atoms with Gasteiger partial charge in [-0.25, -0.2) is 13.4 Å². The number of hydrogen-bond donors (Lipinski definition) is 1. The monoisotopic (exact) mass is 424 g/mol. The van der Waals surface area contributed by atoms with Crippen LogP contribution in [0.2, 0.25) is 10.0 Å². The van der Waals surface area contributed by atoms with E-state index in [2.05, 4.69) is 9.71 Å². The molecule has 2 rings (SSSR count). The van der Waals surface area contributed by atoms with Crippen LogP contribution >= 0.6 is 46.3 Å². The smallest absolute Gasteiger partial charge is 0.263 e. The van der Waals surface area contributed by atoms with Gasteiger partial charge < -0.3 is 0 Å². The van der Waals surface area contributed by atoms with E-state index in [1.807, 2.05) is 0 Å². The van der Waals surface area contributed by atoms with Gasteiger partial charge in [0.2, 0.25) is 0 Å². The summed E-state index contributed by atoms with van der Waals surface area (Å²) >= 11 is 13.3. The Bertz CT molecular complexity index is 896. The quantitative estimate of drug-likeness (QED) is 0.710. The molecule has 0 atom stereocenters. The Morgan fingerprint density at radius 1 is 1.29 bits per heavy atom. The number of nitrogens with one attached hydrogen (secondary N) is 1. The normalized spacial score (nSPS) is 11.3. The van der Waals surface area contributed by atoms with E-state index in [4.69, 9.17) is 23.2 Å². The summed E-state index contributed by atoms with van der Waals surface area (Å²) < 4.78 is 26.8. The minimum Gasteiger partial charge on any atom is -0.292 e. The van der Waals surface area contributed by atoms with Gasteiger partial charge in [0.15, 0.2) is 16.0 Å². The standard InChI is InChI=1S/C13H10Cl2N2O4S3/c1-7(18)22-6-11(19)12-5-16-13(23-12)17-24(20,21)8-2-3-9(14)10(15)4-8/h2-5H,6H2,1H3,(H,16,17). The first kappa shape index (κ1) is 19.2. The van der Waals surface area contributed by atoms with Gasteiger partial charge >= 0.3 is 0 Å². The van der Waals surface area contributed by atoms with Crippen molar-refractivity contribution in [1.29, 1.82) is 0 Å². The molecule has 128 valence electrons. The first-order chi connectivity index (χ1) is 11.2. The van der Waals surface area contributed by atoms with Crippen LogP contribution in [-0.2, 0) is 14.8 Å². The largest absolute Gasteiger partial charge is 0.292 e. The number of anilines is 1. The molecule has 1 heterocycles. The lowest BCUT2D eigenvalue weighted by molar-refractivity contribution is -0.109.